The Bertz CT molecular complexity index is 551. The normalized spacial score (nSPS) is 19.5. The molecule has 0 spiro atoms. The van der Waals surface area contributed by atoms with Crippen LogP contribution in [0.2, 0.25) is 0 Å². The number of aromatic hydroxyl groups is 3. The van der Waals surface area contributed by atoms with Crippen LogP contribution in [-0.4, -0.2) is 32.7 Å². The summed E-state index contributed by atoms with van der Waals surface area (Å²) in [5, 5.41) is 28.4. The number of phenolic OH excluding ortho intramolecular Hbond substituents is 3. The van der Waals surface area contributed by atoms with E-state index in [1.54, 1.807) is 0 Å². The summed E-state index contributed by atoms with van der Waals surface area (Å²) in [4.78, 5) is 34.5. The van der Waals surface area contributed by atoms with Crippen molar-refractivity contribution in [3.05, 3.63) is 17.7 Å². The van der Waals surface area contributed by atoms with Gasteiger partial charge in [-0.1, -0.05) is 0 Å². The van der Waals surface area contributed by atoms with E-state index < -0.39 is 34.8 Å². The lowest BCUT2D eigenvalue weighted by Crippen LogP contribution is -2.29. The molecule has 0 aliphatic heterocycles. The molecule has 0 radical (unpaired) electrons. The van der Waals surface area contributed by atoms with Crippen LogP contribution in [0.5, 0.6) is 17.2 Å². The minimum absolute atomic E-state index is 0.00511. The van der Waals surface area contributed by atoms with E-state index >= 15 is 0 Å². The van der Waals surface area contributed by atoms with Gasteiger partial charge in [-0.15, -0.1) is 0 Å². The van der Waals surface area contributed by atoms with E-state index in [-0.39, 0.29) is 30.6 Å². The van der Waals surface area contributed by atoms with Crippen molar-refractivity contribution in [3.63, 3.8) is 0 Å². The highest BCUT2D eigenvalue weighted by Crippen LogP contribution is 2.35. The van der Waals surface area contributed by atoms with Crippen molar-refractivity contribution < 1.29 is 29.7 Å². The second kappa shape index (κ2) is 4.72. The Morgan fingerprint density at radius 1 is 1.05 bits per heavy atom. The van der Waals surface area contributed by atoms with E-state index in [4.69, 9.17) is 5.11 Å². The molecule has 0 amide bonds. The van der Waals surface area contributed by atoms with Gasteiger partial charge in [-0.25, -0.2) is 0 Å². The second-order valence-electron chi connectivity index (χ2n) is 4.51. The van der Waals surface area contributed by atoms with Crippen molar-refractivity contribution in [2.24, 2.45) is 5.92 Å². The zero-order valence-electron chi connectivity index (χ0n) is 9.92. The van der Waals surface area contributed by atoms with Gasteiger partial charge in [0, 0.05) is 30.9 Å². The number of hydrogen-bond donors (Lipinski definition) is 3. The summed E-state index contributed by atoms with van der Waals surface area (Å²) in [5.74, 6) is -3.91. The van der Waals surface area contributed by atoms with Crippen LogP contribution in [0.25, 0.3) is 0 Å². The lowest BCUT2D eigenvalue weighted by atomic mass is 9.82. The third-order valence-corrected chi connectivity index (χ3v) is 3.16. The number of carbonyl (C=O) groups is 3. The minimum atomic E-state index is -0.730. The largest absolute Gasteiger partial charge is 0.508 e. The summed E-state index contributed by atoms with van der Waals surface area (Å²) in [6, 6.07) is 1.87. The molecule has 0 heterocycles. The van der Waals surface area contributed by atoms with Crippen LogP contribution in [0, 0.1) is 5.92 Å². The van der Waals surface area contributed by atoms with Gasteiger partial charge in [0.25, 0.3) is 0 Å². The van der Waals surface area contributed by atoms with E-state index in [0.717, 1.165) is 12.1 Å². The minimum Gasteiger partial charge on any atom is -0.508 e. The zero-order valence-corrected chi connectivity index (χ0v) is 9.92. The van der Waals surface area contributed by atoms with Gasteiger partial charge in [0.05, 0.1) is 0 Å². The van der Waals surface area contributed by atoms with Crippen LogP contribution < -0.4 is 0 Å². The maximum atomic E-state index is 12.1. The van der Waals surface area contributed by atoms with Gasteiger partial charge in [0.2, 0.25) is 0 Å². The van der Waals surface area contributed by atoms with E-state index in [2.05, 4.69) is 0 Å². The predicted molar refractivity (Wildman–Crippen MR) is 63.1 cm³/mol. The van der Waals surface area contributed by atoms with Crippen molar-refractivity contribution in [2.45, 2.75) is 19.3 Å². The highest BCUT2D eigenvalue weighted by molar-refractivity contribution is 6.38. The lowest BCUT2D eigenvalue weighted by molar-refractivity contribution is -0.138. The van der Waals surface area contributed by atoms with E-state index in [9.17, 15) is 24.6 Å². The molecular formula is C13H12O6. The van der Waals surface area contributed by atoms with Crippen LogP contribution in [-0.2, 0) is 9.59 Å². The third-order valence-electron chi connectivity index (χ3n) is 3.16. The van der Waals surface area contributed by atoms with Crippen LogP contribution in [0.1, 0.15) is 29.6 Å². The molecule has 0 bridgehead atoms. The van der Waals surface area contributed by atoms with Crippen molar-refractivity contribution in [1.82, 2.24) is 0 Å². The summed E-state index contributed by atoms with van der Waals surface area (Å²) in [5.41, 5.74) is -0.329. The summed E-state index contributed by atoms with van der Waals surface area (Å²) >= 11 is 0. The monoisotopic (exact) mass is 264 g/mol. The summed E-state index contributed by atoms with van der Waals surface area (Å²) < 4.78 is 0. The molecule has 6 heteroatoms. The molecule has 1 aromatic rings. The number of carbonyl (C=O) groups excluding carboxylic acids is 3. The molecule has 1 aliphatic rings. The van der Waals surface area contributed by atoms with Crippen molar-refractivity contribution in [3.8, 4) is 17.2 Å². The average Bonchev–Trinajstić information content (AvgIpc) is 2.31. The number of Topliss-reactive ketones (excluding diaryl/α,β-unsaturated/α-hetero) is 3. The van der Waals surface area contributed by atoms with Crippen LogP contribution >= 0.6 is 0 Å². The molecule has 1 aliphatic carbocycles. The van der Waals surface area contributed by atoms with Crippen molar-refractivity contribution in [2.75, 3.05) is 0 Å². The molecular weight excluding hydrogens is 252 g/mol. The molecule has 1 fully saturated rings. The van der Waals surface area contributed by atoms with E-state index in [1.807, 2.05) is 0 Å². The van der Waals surface area contributed by atoms with Gasteiger partial charge < -0.3 is 15.3 Å². The smallest absolute Gasteiger partial charge is 0.199 e. The molecule has 1 atom stereocenters. The van der Waals surface area contributed by atoms with Gasteiger partial charge in [0.1, 0.15) is 22.8 Å². The van der Waals surface area contributed by atoms with Crippen LogP contribution in [0.3, 0.4) is 0 Å². The fourth-order valence-electron chi connectivity index (χ4n) is 2.16. The molecule has 1 aromatic carbocycles. The SMILES string of the molecule is O=C1CCC(C(=O)c2c(O)cc(O)cc2O)CC1=O. The quantitative estimate of drug-likeness (QED) is 0.541. The fraction of sp³-hybridized carbons (Fsp3) is 0.308. The summed E-state index contributed by atoms with van der Waals surface area (Å²) in [6.45, 7) is 0. The summed E-state index contributed by atoms with van der Waals surface area (Å²) in [6.07, 6.45) is -0.00453. The fourth-order valence-corrected chi connectivity index (χ4v) is 2.16. The van der Waals surface area contributed by atoms with Crippen LogP contribution in [0.4, 0.5) is 0 Å². The lowest BCUT2D eigenvalue weighted by Gasteiger charge is -2.19. The maximum Gasteiger partial charge on any atom is 0.199 e. The Balaban J connectivity index is 2.30. The number of ketones is 3. The first-order valence-corrected chi connectivity index (χ1v) is 5.75. The molecule has 1 unspecified atom stereocenters. The Morgan fingerprint density at radius 3 is 2.16 bits per heavy atom. The first kappa shape index (κ1) is 13.1. The molecule has 0 saturated heterocycles. The van der Waals surface area contributed by atoms with E-state index in [0.29, 0.717) is 0 Å². The van der Waals surface area contributed by atoms with Crippen LogP contribution in [0.15, 0.2) is 12.1 Å². The topological polar surface area (TPSA) is 112 Å². The number of benzene rings is 1. The van der Waals surface area contributed by atoms with Gasteiger partial charge in [-0.3, -0.25) is 14.4 Å². The molecule has 1 saturated carbocycles. The highest BCUT2D eigenvalue weighted by Gasteiger charge is 2.33. The summed E-state index contributed by atoms with van der Waals surface area (Å²) in [7, 11) is 0. The number of phenols is 3. The van der Waals surface area contributed by atoms with Gasteiger partial charge in [-0.2, -0.15) is 0 Å². The average molecular weight is 264 g/mol. The van der Waals surface area contributed by atoms with Crippen molar-refractivity contribution in [1.29, 1.82) is 0 Å². The molecule has 3 N–H and O–H groups in total. The first-order chi connectivity index (χ1) is 8.90. The maximum absolute atomic E-state index is 12.1. The molecule has 0 aromatic heterocycles. The molecule has 100 valence electrons. The zero-order chi connectivity index (χ0) is 14.2. The number of rotatable bonds is 2. The Kier molecular flexibility index (Phi) is 3.25. The predicted octanol–water partition coefficient (Wildman–Crippen LogP) is 0.924. The molecule has 19 heavy (non-hydrogen) atoms. The molecule has 2 rings (SSSR count). The first-order valence-electron chi connectivity index (χ1n) is 5.75. The number of hydrogen-bond acceptors (Lipinski definition) is 6. The Morgan fingerprint density at radius 2 is 1.63 bits per heavy atom. The van der Waals surface area contributed by atoms with Gasteiger partial charge in [0.15, 0.2) is 17.3 Å². The third kappa shape index (κ3) is 2.42. The Hall–Kier alpha value is -2.37. The highest BCUT2D eigenvalue weighted by atomic mass is 16.3. The Labute approximate surface area is 108 Å². The second-order valence-corrected chi connectivity index (χ2v) is 4.51. The molecule has 6 nitrogen and oxygen atoms in total. The standard InChI is InChI=1S/C13H12O6/c14-7-4-10(17)12(11(18)5-7)13(19)6-1-2-8(15)9(16)3-6/h4-6,14,17-18H,1-3H2. The van der Waals surface area contributed by atoms with Gasteiger partial charge in [-0.05, 0) is 6.42 Å². The van der Waals surface area contributed by atoms with Gasteiger partial charge >= 0.3 is 0 Å². The van der Waals surface area contributed by atoms with Crippen molar-refractivity contribution >= 4 is 17.3 Å². The van der Waals surface area contributed by atoms with E-state index in [1.165, 1.54) is 0 Å².